The molecule has 18 heavy (non-hydrogen) atoms. The molecule has 2 aliphatic rings. The molecule has 2 rings (SSSR count). The molecule has 0 spiro atoms. The van der Waals surface area contributed by atoms with Crippen molar-refractivity contribution in [3.8, 4) is 12.3 Å². The van der Waals surface area contributed by atoms with Crippen LogP contribution in [0.3, 0.4) is 0 Å². The number of amides is 1. The van der Waals surface area contributed by atoms with Gasteiger partial charge in [0.2, 0.25) is 5.91 Å². The summed E-state index contributed by atoms with van der Waals surface area (Å²) in [5.41, 5.74) is 5.60. The molecule has 0 radical (unpaired) electrons. The van der Waals surface area contributed by atoms with Gasteiger partial charge < -0.3 is 10.6 Å². The zero-order valence-corrected chi connectivity index (χ0v) is 11.2. The summed E-state index contributed by atoms with van der Waals surface area (Å²) in [5.74, 6) is 3.52. The van der Waals surface area contributed by atoms with Crippen molar-refractivity contribution < 1.29 is 4.79 Å². The molecule has 0 atom stereocenters. The Bertz CT molecular complexity index is 335. The minimum absolute atomic E-state index is 0.217. The molecule has 0 aromatic heterocycles. The Kier molecular flexibility index (Phi) is 4.29. The summed E-state index contributed by atoms with van der Waals surface area (Å²) >= 11 is 0. The van der Waals surface area contributed by atoms with Crippen LogP contribution in [-0.2, 0) is 4.79 Å². The molecule has 0 heterocycles. The fourth-order valence-electron chi connectivity index (χ4n) is 3.01. The van der Waals surface area contributed by atoms with Crippen molar-refractivity contribution in [3.63, 3.8) is 0 Å². The van der Waals surface area contributed by atoms with Crippen LogP contribution >= 0.6 is 0 Å². The van der Waals surface area contributed by atoms with Gasteiger partial charge in [-0.05, 0) is 31.6 Å². The van der Waals surface area contributed by atoms with Crippen molar-refractivity contribution in [2.75, 3.05) is 19.6 Å². The molecule has 2 N–H and O–H groups in total. The van der Waals surface area contributed by atoms with Gasteiger partial charge in [-0.3, -0.25) is 4.79 Å². The topological polar surface area (TPSA) is 46.3 Å². The van der Waals surface area contributed by atoms with Crippen LogP contribution in [0.1, 0.15) is 44.9 Å². The van der Waals surface area contributed by atoms with Crippen LogP contribution in [-0.4, -0.2) is 30.4 Å². The van der Waals surface area contributed by atoms with Crippen LogP contribution in [0.2, 0.25) is 0 Å². The molecule has 2 aliphatic carbocycles. The van der Waals surface area contributed by atoms with E-state index < -0.39 is 0 Å². The number of rotatable bonds is 5. The number of carbonyl (C=O) groups is 1. The summed E-state index contributed by atoms with van der Waals surface area (Å²) in [7, 11) is 0. The van der Waals surface area contributed by atoms with Crippen molar-refractivity contribution >= 4 is 5.91 Å². The summed E-state index contributed by atoms with van der Waals surface area (Å²) < 4.78 is 0. The van der Waals surface area contributed by atoms with Gasteiger partial charge in [0.25, 0.3) is 0 Å². The molecule has 0 aromatic carbocycles. The Morgan fingerprint density at radius 3 is 2.50 bits per heavy atom. The van der Waals surface area contributed by atoms with E-state index in [0.29, 0.717) is 19.0 Å². The summed E-state index contributed by atoms with van der Waals surface area (Å²) in [4.78, 5) is 14.6. The molecule has 3 nitrogen and oxygen atoms in total. The quantitative estimate of drug-likeness (QED) is 0.754. The maximum atomic E-state index is 12.8. The Morgan fingerprint density at radius 2 is 2.00 bits per heavy atom. The van der Waals surface area contributed by atoms with Gasteiger partial charge in [-0.1, -0.05) is 25.2 Å². The van der Waals surface area contributed by atoms with E-state index in [9.17, 15) is 4.79 Å². The fraction of sp³-hybridized carbons (Fsp3) is 0.800. The van der Waals surface area contributed by atoms with E-state index in [1.807, 2.05) is 4.90 Å². The second-order valence-electron chi connectivity index (χ2n) is 5.88. The SMILES string of the molecule is C#CCN(CC1CC1)C(=O)C1(CN)CCCCC1. The smallest absolute Gasteiger partial charge is 0.230 e. The zero-order valence-electron chi connectivity index (χ0n) is 11.2. The maximum absolute atomic E-state index is 12.8. The first kappa shape index (κ1) is 13.4. The molecule has 3 heteroatoms. The highest BCUT2D eigenvalue weighted by atomic mass is 16.2. The van der Waals surface area contributed by atoms with E-state index in [-0.39, 0.29) is 11.3 Å². The van der Waals surface area contributed by atoms with E-state index in [2.05, 4.69) is 5.92 Å². The Labute approximate surface area is 110 Å². The molecule has 0 aromatic rings. The summed E-state index contributed by atoms with van der Waals surface area (Å²) in [6.45, 7) is 1.75. The first-order valence-electron chi connectivity index (χ1n) is 7.15. The van der Waals surface area contributed by atoms with Crippen LogP contribution in [0, 0.1) is 23.7 Å². The number of terminal acetylenes is 1. The monoisotopic (exact) mass is 248 g/mol. The summed E-state index contributed by atoms with van der Waals surface area (Å²) in [6.07, 6.45) is 13.2. The van der Waals surface area contributed by atoms with Crippen molar-refractivity contribution in [3.05, 3.63) is 0 Å². The number of hydrogen-bond acceptors (Lipinski definition) is 2. The largest absolute Gasteiger partial charge is 0.331 e. The van der Waals surface area contributed by atoms with Gasteiger partial charge in [-0.2, -0.15) is 0 Å². The van der Waals surface area contributed by atoms with Gasteiger partial charge in [0.1, 0.15) is 0 Å². The lowest BCUT2D eigenvalue weighted by Gasteiger charge is -2.38. The molecule has 0 bridgehead atoms. The molecule has 2 saturated carbocycles. The van der Waals surface area contributed by atoms with Gasteiger partial charge in [-0.25, -0.2) is 0 Å². The Hall–Kier alpha value is -1.01. The van der Waals surface area contributed by atoms with E-state index in [1.165, 1.54) is 19.3 Å². The minimum Gasteiger partial charge on any atom is -0.331 e. The lowest BCUT2D eigenvalue weighted by molar-refractivity contribution is -0.143. The molecule has 0 saturated heterocycles. The van der Waals surface area contributed by atoms with Gasteiger partial charge in [0, 0.05) is 13.1 Å². The fourth-order valence-corrected chi connectivity index (χ4v) is 3.01. The molecule has 100 valence electrons. The van der Waals surface area contributed by atoms with Crippen molar-refractivity contribution in [2.45, 2.75) is 44.9 Å². The minimum atomic E-state index is -0.315. The molecule has 0 unspecified atom stereocenters. The van der Waals surface area contributed by atoms with E-state index in [1.54, 1.807) is 0 Å². The van der Waals surface area contributed by atoms with Crippen molar-refractivity contribution in [1.29, 1.82) is 0 Å². The van der Waals surface area contributed by atoms with E-state index in [4.69, 9.17) is 12.2 Å². The van der Waals surface area contributed by atoms with Crippen molar-refractivity contribution in [2.24, 2.45) is 17.1 Å². The van der Waals surface area contributed by atoms with Crippen LogP contribution < -0.4 is 5.73 Å². The van der Waals surface area contributed by atoms with Gasteiger partial charge >= 0.3 is 0 Å². The molecular formula is C15H24N2O. The third kappa shape index (κ3) is 2.87. The zero-order chi connectivity index (χ0) is 13.0. The van der Waals surface area contributed by atoms with E-state index in [0.717, 1.165) is 32.2 Å². The van der Waals surface area contributed by atoms with Crippen LogP contribution in [0.15, 0.2) is 0 Å². The van der Waals surface area contributed by atoms with Crippen LogP contribution in [0.5, 0.6) is 0 Å². The average Bonchev–Trinajstić information content (AvgIpc) is 3.22. The van der Waals surface area contributed by atoms with Crippen LogP contribution in [0.4, 0.5) is 0 Å². The predicted octanol–water partition coefficient (Wildman–Crippen LogP) is 1.77. The Morgan fingerprint density at radius 1 is 1.33 bits per heavy atom. The molecule has 1 amide bonds. The highest BCUT2D eigenvalue weighted by molar-refractivity contribution is 5.83. The number of hydrogen-bond donors (Lipinski definition) is 1. The summed E-state index contributed by atoms with van der Waals surface area (Å²) in [5, 5.41) is 0. The second kappa shape index (κ2) is 5.75. The number of nitrogens with zero attached hydrogens (tertiary/aromatic N) is 1. The lowest BCUT2D eigenvalue weighted by atomic mass is 9.73. The summed E-state index contributed by atoms with van der Waals surface area (Å²) in [6, 6.07) is 0. The third-order valence-electron chi connectivity index (χ3n) is 4.40. The first-order valence-corrected chi connectivity index (χ1v) is 7.15. The first-order chi connectivity index (χ1) is 8.72. The number of nitrogens with two attached hydrogens (primary N) is 1. The highest BCUT2D eigenvalue weighted by Crippen LogP contribution is 2.38. The standard InChI is InChI=1S/C15H24N2O/c1-2-10-17(11-13-6-7-13)14(18)15(12-16)8-4-3-5-9-15/h1,13H,3-12,16H2. The van der Waals surface area contributed by atoms with E-state index >= 15 is 0 Å². The van der Waals surface area contributed by atoms with Crippen molar-refractivity contribution in [1.82, 2.24) is 4.90 Å². The second-order valence-corrected chi connectivity index (χ2v) is 5.88. The highest BCUT2D eigenvalue weighted by Gasteiger charge is 2.41. The Balaban J connectivity index is 2.06. The lowest BCUT2D eigenvalue weighted by Crippen LogP contribution is -2.49. The van der Waals surface area contributed by atoms with Crippen LogP contribution in [0.25, 0.3) is 0 Å². The van der Waals surface area contributed by atoms with Gasteiger partial charge in [0.15, 0.2) is 0 Å². The molecular weight excluding hydrogens is 224 g/mol. The third-order valence-corrected chi connectivity index (χ3v) is 4.40. The van der Waals surface area contributed by atoms with Gasteiger partial charge in [0.05, 0.1) is 12.0 Å². The molecule has 2 fully saturated rings. The predicted molar refractivity (Wildman–Crippen MR) is 72.7 cm³/mol. The average molecular weight is 248 g/mol. The number of carbonyl (C=O) groups excluding carboxylic acids is 1. The normalized spacial score (nSPS) is 22.2. The van der Waals surface area contributed by atoms with Gasteiger partial charge in [-0.15, -0.1) is 6.42 Å². The maximum Gasteiger partial charge on any atom is 0.230 e. The molecule has 0 aliphatic heterocycles.